The average Bonchev–Trinajstić information content (AvgIpc) is 2.31. The van der Waals surface area contributed by atoms with Crippen molar-refractivity contribution < 1.29 is 9.47 Å². The van der Waals surface area contributed by atoms with E-state index >= 15 is 0 Å². The molecule has 0 radical (unpaired) electrons. The Kier molecular flexibility index (Phi) is 3.37. The lowest BCUT2D eigenvalue weighted by Crippen LogP contribution is -2.05. The largest absolute Gasteiger partial charge is 0.475 e. The van der Waals surface area contributed by atoms with Crippen LogP contribution in [-0.4, -0.2) is 25.3 Å². The third-order valence-electron chi connectivity index (χ3n) is 2.51. The summed E-state index contributed by atoms with van der Waals surface area (Å²) >= 11 is 0. The van der Waals surface area contributed by atoms with Crippen molar-refractivity contribution in [1.29, 1.82) is 0 Å². The molecule has 3 heteroatoms. The Morgan fingerprint density at radius 1 is 1.12 bits per heavy atom. The molecule has 0 fully saturated rings. The van der Waals surface area contributed by atoms with Gasteiger partial charge in [0.1, 0.15) is 6.61 Å². The van der Waals surface area contributed by atoms with Gasteiger partial charge in [0.05, 0.1) is 6.61 Å². The minimum atomic E-state index is 0.524. The molecule has 1 aromatic carbocycles. The van der Waals surface area contributed by atoms with E-state index in [4.69, 9.17) is 9.47 Å². The van der Waals surface area contributed by atoms with Crippen molar-refractivity contribution in [2.75, 3.05) is 20.3 Å². The zero-order chi connectivity index (χ0) is 11.4. The van der Waals surface area contributed by atoms with Crippen LogP contribution in [0.1, 0.15) is 5.56 Å². The Balaban J connectivity index is 2.34. The molecule has 2 aromatic rings. The molecule has 0 spiro atoms. The van der Waals surface area contributed by atoms with Gasteiger partial charge in [-0.05, 0) is 30.0 Å². The summed E-state index contributed by atoms with van der Waals surface area (Å²) in [4.78, 5) is 4.24. The highest BCUT2D eigenvalue weighted by Crippen LogP contribution is 2.25. The number of hydrogen-bond acceptors (Lipinski definition) is 3. The molecule has 1 aromatic heterocycles. The smallest absolute Gasteiger partial charge is 0.221 e. The van der Waals surface area contributed by atoms with Crippen molar-refractivity contribution >= 4 is 10.8 Å². The first kappa shape index (κ1) is 10.9. The molecular weight excluding hydrogens is 202 g/mol. The summed E-state index contributed by atoms with van der Waals surface area (Å²) < 4.78 is 10.5. The molecule has 0 atom stereocenters. The quantitative estimate of drug-likeness (QED) is 0.737. The highest BCUT2D eigenvalue weighted by molar-refractivity contribution is 5.89. The molecule has 1 heterocycles. The second kappa shape index (κ2) is 4.94. The molecule has 2 rings (SSSR count). The van der Waals surface area contributed by atoms with Gasteiger partial charge in [0.2, 0.25) is 5.88 Å². The summed E-state index contributed by atoms with van der Waals surface area (Å²) in [5.74, 6) is 0.679. The first-order valence-electron chi connectivity index (χ1n) is 5.29. The van der Waals surface area contributed by atoms with Crippen molar-refractivity contribution in [2.45, 2.75) is 6.92 Å². The van der Waals surface area contributed by atoms with Gasteiger partial charge in [-0.1, -0.05) is 12.1 Å². The van der Waals surface area contributed by atoms with E-state index in [9.17, 15) is 0 Å². The second-order valence-corrected chi connectivity index (χ2v) is 3.63. The third-order valence-corrected chi connectivity index (χ3v) is 2.51. The summed E-state index contributed by atoms with van der Waals surface area (Å²) in [6.45, 7) is 3.18. The van der Waals surface area contributed by atoms with E-state index in [2.05, 4.69) is 18.0 Å². The Hall–Kier alpha value is -1.61. The predicted octanol–water partition coefficient (Wildman–Crippen LogP) is 2.57. The minimum absolute atomic E-state index is 0.524. The summed E-state index contributed by atoms with van der Waals surface area (Å²) in [5, 5.41) is 2.24. The number of rotatable bonds is 4. The van der Waals surface area contributed by atoms with E-state index in [1.807, 2.05) is 18.2 Å². The monoisotopic (exact) mass is 217 g/mol. The summed E-state index contributed by atoms with van der Waals surface area (Å²) in [5.41, 5.74) is 1.23. The van der Waals surface area contributed by atoms with Gasteiger partial charge >= 0.3 is 0 Å². The topological polar surface area (TPSA) is 31.4 Å². The van der Waals surface area contributed by atoms with Crippen LogP contribution in [0.3, 0.4) is 0 Å². The molecule has 3 nitrogen and oxygen atoms in total. The van der Waals surface area contributed by atoms with Crippen LogP contribution in [0.2, 0.25) is 0 Å². The third kappa shape index (κ3) is 2.14. The normalized spacial score (nSPS) is 10.6. The van der Waals surface area contributed by atoms with Crippen LogP contribution in [-0.2, 0) is 4.74 Å². The molecule has 0 saturated carbocycles. The fourth-order valence-corrected chi connectivity index (χ4v) is 1.67. The number of aromatic nitrogens is 1. The molecule has 0 amide bonds. The number of benzene rings is 1. The van der Waals surface area contributed by atoms with Crippen molar-refractivity contribution in [1.82, 2.24) is 4.98 Å². The number of fused-ring (bicyclic) bond motifs is 1. The van der Waals surface area contributed by atoms with E-state index < -0.39 is 0 Å². The Bertz CT molecular complexity index is 482. The van der Waals surface area contributed by atoms with E-state index in [-0.39, 0.29) is 0 Å². The average molecular weight is 217 g/mol. The number of nitrogens with zero attached hydrogens (tertiary/aromatic N) is 1. The molecule has 0 aliphatic rings. The molecule has 84 valence electrons. The zero-order valence-electron chi connectivity index (χ0n) is 9.56. The van der Waals surface area contributed by atoms with Crippen LogP contribution >= 0.6 is 0 Å². The lowest BCUT2D eigenvalue weighted by molar-refractivity contribution is 0.144. The number of methoxy groups -OCH3 is 1. The van der Waals surface area contributed by atoms with Gasteiger partial charge in [0.25, 0.3) is 0 Å². The maximum Gasteiger partial charge on any atom is 0.221 e. The van der Waals surface area contributed by atoms with Crippen LogP contribution < -0.4 is 4.74 Å². The lowest BCUT2D eigenvalue weighted by atomic mass is 10.1. The predicted molar refractivity (Wildman–Crippen MR) is 63.9 cm³/mol. The van der Waals surface area contributed by atoms with Crippen LogP contribution in [0.4, 0.5) is 0 Å². The number of aryl methyl sites for hydroxylation is 1. The molecule has 0 saturated heterocycles. The summed E-state index contributed by atoms with van der Waals surface area (Å²) in [6, 6.07) is 8.13. The standard InChI is InChI=1S/C13H15NO2/c1-10-4-3-5-12-11(10)6-7-14-13(12)16-9-8-15-2/h3-7H,8-9H2,1-2H3. The first-order valence-corrected chi connectivity index (χ1v) is 5.29. The fraction of sp³-hybridized carbons (Fsp3) is 0.308. The van der Waals surface area contributed by atoms with Crippen LogP contribution in [0.25, 0.3) is 10.8 Å². The zero-order valence-corrected chi connectivity index (χ0v) is 9.56. The summed E-state index contributed by atoms with van der Waals surface area (Å²) in [7, 11) is 1.66. The van der Waals surface area contributed by atoms with Gasteiger partial charge in [-0.2, -0.15) is 0 Å². The Labute approximate surface area is 95.0 Å². The maximum absolute atomic E-state index is 5.58. The molecule has 0 aliphatic carbocycles. The van der Waals surface area contributed by atoms with Gasteiger partial charge in [-0.15, -0.1) is 0 Å². The minimum Gasteiger partial charge on any atom is -0.475 e. The van der Waals surface area contributed by atoms with Gasteiger partial charge in [0.15, 0.2) is 0 Å². The number of pyridine rings is 1. The van der Waals surface area contributed by atoms with Crippen LogP contribution in [0.15, 0.2) is 30.5 Å². The van der Waals surface area contributed by atoms with Gasteiger partial charge in [0, 0.05) is 18.7 Å². The highest BCUT2D eigenvalue weighted by atomic mass is 16.5. The number of hydrogen-bond donors (Lipinski definition) is 0. The van der Waals surface area contributed by atoms with Crippen LogP contribution in [0, 0.1) is 6.92 Å². The van der Waals surface area contributed by atoms with Gasteiger partial charge in [-0.3, -0.25) is 0 Å². The molecule has 0 N–H and O–H groups in total. The molecule has 0 bridgehead atoms. The van der Waals surface area contributed by atoms with Crippen molar-refractivity contribution in [3.8, 4) is 5.88 Å². The highest BCUT2D eigenvalue weighted by Gasteiger charge is 2.04. The van der Waals surface area contributed by atoms with Gasteiger partial charge in [-0.25, -0.2) is 4.98 Å². The Morgan fingerprint density at radius 3 is 2.81 bits per heavy atom. The maximum atomic E-state index is 5.58. The molecular formula is C13H15NO2. The molecule has 0 aliphatic heterocycles. The lowest BCUT2D eigenvalue weighted by Gasteiger charge is -2.08. The van der Waals surface area contributed by atoms with Gasteiger partial charge < -0.3 is 9.47 Å². The molecule has 16 heavy (non-hydrogen) atoms. The SMILES string of the molecule is COCCOc1nccc2c(C)cccc12. The van der Waals surface area contributed by atoms with E-state index in [0.717, 1.165) is 5.39 Å². The van der Waals surface area contributed by atoms with Crippen molar-refractivity contribution in [2.24, 2.45) is 0 Å². The Morgan fingerprint density at radius 2 is 2.00 bits per heavy atom. The molecule has 0 unspecified atom stereocenters. The number of ether oxygens (including phenoxy) is 2. The van der Waals surface area contributed by atoms with Crippen molar-refractivity contribution in [3.05, 3.63) is 36.0 Å². The second-order valence-electron chi connectivity index (χ2n) is 3.63. The van der Waals surface area contributed by atoms with E-state index in [1.165, 1.54) is 10.9 Å². The fourth-order valence-electron chi connectivity index (χ4n) is 1.67. The van der Waals surface area contributed by atoms with Crippen LogP contribution in [0.5, 0.6) is 5.88 Å². The van der Waals surface area contributed by atoms with E-state index in [1.54, 1.807) is 13.3 Å². The summed E-state index contributed by atoms with van der Waals surface area (Å²) in [6.07, 6.45) is 1.78. The van der Waals surface area contributed by atoms with Crippen molar-refractivity contribution in [3.63, 3.8) is 0 Å². The first-order chi connectivity index (χ1) is 7.83. The van der Waals surface area contributed by atoms with E-state index in [0.29, 0.717) is 19.1 Å².